The number of rotatable bonds is 10. The molecule has 0 unspecified atom stereocenters. The van der Waals surface area contributed by atoms with E-state index in [1.807, 2.05) is 30.3 Å². The Balaban J connectivity index is 1.71. The summed E-state index contributed by atoms with van der Waals surface area (Å²) < 4.78 is 71.1. The molecule has 1 heterocycles. The van der Waals surface area contributed by atoms with Crippen LogP contribution in [0.2, 0.25) is 0 Å². The maximum Gasteiger partial charge on any atom is 0.433 e. The van der Waals surface area contributed by atoms with Gasteiger partial charge < -0.3 is 10.1 Å². The first-order valence-electron chi connectivity index (χ1n) is 10.7. The van der Waals surface area contributed by atoms with Crippen LogP contribution in [0, 0.1) is 0 Å². The third kappa shape index (κ3) is 7.25. The van der Waals surface area contributed by atoms with Gasteiger partial charge in [-0.3, -0.25) is 4.79 Å². The molecule has 1 aromatic heterocycles. The highest BCUT2D eigenvalue weighted by atomic mass is 32.2. The van der Waals surface area contributed by atoms with E-state index < -0.39 is 32.6 Å². The van der Waals surface area contributed by atoms with Crippen LogP contribution in [-0.4, -0.2) is 43.7 Å². The monoisotopic (exact) mass is 507 g/mol. The summed E-state index contributed by atoms with van der Waals surface area (Å²) in [5, 5.41) is 1.76. The van der Waals surface area contributed by atoms with Crippen molar-refractivity contribution in [2.45, 2.75) is 30.6 Å². The van der Waals surface area contributed by atoms with Crippen LogP contribution in [0.15, 0.2) is 65.8 Å². The molecule has 0 spiro atoms. The second kappa shape index (κ2) is 11.3. The van der Waals surface area contributed by atoms with Crippen molar-refractivity contribution in [1.82, 2.24) is 15.3 Å². The highest BCUT2D eigenvalue weighted by Gasteiger charge is 2.35. The van der Waals surface area contributed by atoms with Crippen molar-refractivity contribution in [2.75, 3.05) is 19.4 Å². The number of carbonyl (C=O) groups excluding carboxylic acids is 1. The number of hydrogen-bond donors (Lipinski definition) is 1. The third-order valence-electron chi connectivity index (χ3n) is 5.05. The van der Waals surface area contributed by atoms with Gasteiger partial charge in [0.05, 0.1) is 18.6 Å². The molecule has 0 atom stereocenters. The van der Waals surface area contributed by atoms with E-state index in [1.54, 1.807) is 12.1 Å². The summed E-state index contributed by atoms with van der Waals surface area (Å²) in [6.45, 7) is 0.384. The number of para-hydroxylation sites is 1. The minimum atomic E-state index is -4.89. The fourth-order valence-corrected chi connectivity index (χ4v) is 4.48. The van der Waals surface area contributed by atoms with Crippen molar-refractivity contribution >= 4 is 15.7 Å². The average Bonchev–Trinajstić information content (AvgIpc) is 2.83. The van der Waals surface area contributed by atoms with Gasteiger partial charge in [0.25, 0.3) is 0 Å². The second-order valence-electron chi connectivity index (χ2n) is 7.63. The van der Waals surface area contributed by atoms with Gasteiger partial charge in [-0.25, -0.2) is 18.4 Å². The standard InChI is InChI=1S/C24H24F3N3O4S/c1-34-20-11-6-5-10-18(20)19-16-21(24(25,26)27)30-23(29-19)35(32,33)15-7-12-22(31)28-14-13-17-8-3-2-4-9-17/h2-6,8-11,16H,7,12-15H2,1H3,(H,28,31). The number of ether oxygens (including phenoxy) is 1. The Labute approximate surface area is 201 Å². The van der Waals surface area contributed by atoms with Gasteiger partial charge in [-0.05, 0) is 36.6 Å². The van der Waals surface area contributed by atoms with Gasteiger partial charge in [0.1, 0.15) is 11.4 Å². The number of hydrogen-bond acceptors (Lipinski definition) is 6. The molecule has 1 N–H and O–H groups in total. The van der Waals surface area contributed by atoms with Gasteiger partial charge in [0.15, 0.2) is 0 Å². The molecule has 0 aliphatic rings. The zero-order valence-corrected chi connectivity index (χ0v) is 19.7. The van der Waals surface area contributed by atoms with Crippen LogP contribution in [0.5, 0.6) is 5.75 Å². The van der Waals surface area contributed by atoms with Crippen LogP contribution in [-0.2, 0) is 27.2 Å². The lowest BCUT2D eigenvalue weighted by Crippen LogP contribution is -2.26. The number of benzene rings is 2. The van der Waals surface area contributed by atoms with Crippen LogP contribution in [0.25, 0.3) is 11.3 Å². The van der Waals surface area contributed by atoms with Gasteiger partial charge in [-0.2, -0.15) is 13.2 Å². The number of nitrogens with zero attached hydrogens (tertiary/aromatic N) is 2. The maximum atomic E-state index is 13.5. The first-order chi connectivity index (χ1) is 16.6. The number of amides is 1. The van der Waals surface area contributed by atoms with Crippen LogP contribution >= 0.6 is 0 Å². The Morgan fingerprint density at radius 2 is 1.71 bits per heavy atom. The summed E-state index contributed by atoms with van der Waals surface area (Å²) in [5.74, 6) is -0.697. The molecule has 0 saturated carbocycles. The average molecular weight is 508 g/mol. The fraction of sp³-hybridized carbons (Fsp3) is 0.292. The highest BCUT2D eigenvalue weighted by molar-refractivity contribution is 7.91. The van der Waals surface area contributed by atoms with E-state index in [9.17, 15) is 26.4 Å². The summed E-state index contributed by atoms with van der Waals surface area (Å²) in [7, 11) is -2.95. The second-order valence-corrected chi connectivity index (χ2v) is 9.63. The van der Waals surface area contributed by atoms with E-state index in [4.69, 9.17) is 4.74 Å². The van der Waals surface area contributed by atoms with Crippen molar-refractivity contribution in [3.63, 3.8) is 0 Å². The number of carbonyl (C=O) groups is 1. The Hall–Kier alpha value is -3.47. The molecular weight excluding hydrogens is 483 g/mol. The van der Waals surface area contributed by atoms with Crippen molar-refractivity contribution in [3.8, 4) is 17.0 Å². The topological polar surface area (TPSA) is 98.2 Å². The van der Waals surface area contributed by atoms with Crippen LogP contribution in [0.1, 0.15) is 24.1 Å². The highest BCUT2D eigenvalue weighted by Crippen LogP contribution is 2.34. The number of alkyl halides is 3. The van der Waals surface area contributed by atoms with Crippen LogP contribution in [0.4, 0.5) is 13.2 Å². The summed E-state index contributed by atoms with van der Waals surface area (Å²) in [6.07, 6.45) is -4.47. The smallest absolute Gasteiger partial charge is 0.433 e. The Morgan fingerprint density at radius 1 is 1.03 bits per heavy atom. The summed E-state index contributed by atoms with van der Waals surface area (Å²) in [5.41, 5.74) is -0.382. The molecule has 1 amide bonds. The van der Waals surface area contributed by atoms with Gasteiger partial charge in [-0.15, -0.1) is 0 Å². The van der Waals surface area contributed by atoms with E-state index in [2.05, 4.69) is 15.3 Å². The fourth-order valence-electron chi connectivity index (χ4n) is 3.30. The van der Waals surface area contributed by atoms with Crippen molar-refractivity contribution < 1.29 is 31.1 Å². The van der Waals surface area contributed by atoms with E-state index >= 15 is 0 Å². The quantitative estimate of drug-likeness (QED) is 0.415. The van der Waals surface area contributed by atoms with Crippen molar-refractivity contribution in [3.05, 3.63) is 71.9 Å². The molecule has 0 aliphatic carbocycles. The molecule has 0 fully saturated rings. The SMILES string of the molecule is COc1ccccc1-c1cc(C(F)(F)F)nc(S(=O)(=O)CCCC(=O)NCCc2ccccc2)n1. The summed E-state index contributed by atoms with van der Waals surface area (Å²) in [4.78, 5) is 19.2. The number of halogens is 3. The largest absolute Gasteiger partial charge is 0.496 e. The zero-order chi connectivity index (χ0) is 25.5. The number of sulfone groups is 1. The molecule has 35 heavy (non-hydrogen) atoms. The first-order valence-corrected chi connectivity index (χ1v) is 12.4. The van der Waals surface area contributed by atoms with Gasteiger partial charge >= 0.3 is 6.18 Å². The lowest BCUT2D eigenvalue weighted by atomic mass is 10.1. The lowest BCUT2D eigenvalue weighted by Gasteiger charge is -2.13. The van der Waals surface area contributed by atoms with E-state index in [1.165, 1.54) is 19.2 Å². The Kier molecular flexibility index (Phi) is 8.44. The Morgan fingerprint density at radius 3 is 2.40 bits per heavy atom. The molecule has 11 heteroatoms. The molecule has 3 rings (SSSR count). The van der Waals surface area contributed by atoms with E-state index in [0.717, 1.165) is 5.56 Å². The zero-order valence-electron chi connectivity index (χ0n) is 18.9. The molecule has 186 valence electrons. The molecule has 0 bridgehead atoms. The minimum absolute atomic E-state index is 0.0941. The normalized spacial score (nSPS) is 11.8. The van der Waals surface area contributed by atoms with E-state index in [0.29, 0.717) is 19.0 Å². The van der Waals surface area contributed by atoms with Crippen molar-refractivity contribution in [2.24, 2.45) is 0 Å². The third-order valence-corrected chi connectivity index (χ3v) is 6.62. The number of aromatic nitrogens is 2. The predicted molar refractivity (Wildman–Crippen MR) is 123 cm³/mol. The van der Waals surface area contributed by atoms with Gasteiger partial charge in [0.2, 0.25) is 20.9 Å². The van der Waals surface area contributed by atoms with Gasteiger partial charge in [-0.1, -0.05) is 42.5 Å². The molecule has 0 radical (unpaired) electrons. The maximum absolute atomic E-state index is 13.5. The number of methoxy groups -OCH3 is 1. The summed E-state index contributed by atoms with van der Waals surface area (Å²) in [6, 6.07) is 16.4. The van der Waals surface area contributed by atoms with E-state index in [-0.39, 0.29) is 35.8 Å². The summed E-state index contributed by atoms with van der Waals surface area (Å²) >= 11 is 0. The predicted octanol–water partition coefficient (Wildman–Crippen LogP) is 4.08. The van der Waals surface area contributed by atoms with Gasteiger partial charge in [0, 0.05) is 18.5 Å². The van der Waals surface area contributed by atoms with Crippen LogP contribution in [0.3, 0.4) is 0 Å². The molecular formula is C24H24F3N3O4S. The molecule has 0 aliphatic heterocycles. The van der Waals surface area contributed by atoms with Crippen molar-refractivity contribution in [1.29, 1.82) is 0 Å². The molecule has 7 nitrogen and oxygen atoms in total. The lowest BCUT2D eigenvalue weighted by molar-refractivity contribution is -0.141. The minimum Gasteiger partial charge on any atom is -0.496 e. The number of nitrogens with one attached hydrogen (secondary N) is 1. The first kappa shape index (κ1) is 26.1. The molecule has 3 aromatic rings. The Bertz CT molecular complexity index is 1270. The molecule has 0 saturated heterocycles. The molecule has 2 aromatic carbocycles. The van der Waals surface area contributed by atoms with Crippen LogP contribution < -0.4 is 10.1 Å².